The van der Waals surface area contributed by atoms with Crippen LogP contribution in [0.15, 0.2) is 36.4 Å². The Kier molecular flexibility index (Phi) is 5.07. The smallest absolute Gasteiger partial charge is 0.131 e. The number of aryl methyl sites for hydroxylation is 2. The van der Waals surface area contributed by atoms with Gasteiger partial charge < -0.3 is 5.32 Å². The molecule has 0 saturated carbocycles. The number of nitrogens with one attached hydrogen (secondary N) is 1. The van der Waals surface area contributed by atoms with Crippen LogP contribution in [0.4, 0.5) is 8.78 Å². The van der Waals surface area contributed by atoms with Gasteiger partial charge >= 0.3 is 0 Å². The fourth-order valence-corrected chi connectivity index (χ4v) is 2.45. The summed E-state index contributed by atoms with van der Waals surface area (Å²) in [6.07, 6.45) is 0.900. The zero-order valence-electron chi connectivity index (χ0n) is 12.7. The molecule has 1 N–H and O–H groups in total. The minimum Gasteiger partial charge on any atom is -0.306 e. The van der Waals surface area contributed by atoms with Crippen molar-refractivity contribution in [2.75, 3.05) is 6.54 Å². The molecule has 112 valence electrons. The molecule has 2 aromatic rings. The number of hydrogen-bond donors (Lipinski definition) is 1. The van der Waals surface area contributed by atoms with Crippen molar-refractivity contribution in [3.8, 4) is 0 Å². The number of benzene rings is 2. The minimum atomic E-state index is -0.468. The van der Waals surface area contributed by atoms with Crippen LogP contribution >= 0.6 is 0 Å². The van der Waals surface area contributed by atoms with Crippen LogP contribution in [-0.4, -0.2) is 6.54 Å². The molecule has 1 unspecified atom stereocenters. The quantitative estimate of drug-likeness (QED) is 0.843. The van der Waals surface area contributed by atoms with Gasteiger partial charge in [0.2, 0.25) is 0 Å². The van der Waals surface area contributed by atoms with Crippen LogP contribution in [0.3, 0.4) is 0 Å². The molecule has 2 rings (SSSR count). The molecule has 2 aromatic carbocycles. The maximum atomic E-state index is 14.4. The van der Waals surface area contributed by atoms with Crippen LogP contribution in [0.25, 0.3) is 0 Å². The van der Waals surface area contributed by atoms with Gasteiger partial charge in [0.05, 0.1) is 6.04 Å². The summed E-state index contributed by atoms with van der Waals surface area (Å²) in [6, 6.07) is 9.73. The molecule has 0 aliphatic rings. The average Bonchev–Trinajstić information content (AvgIpc) is 2.47. The Balaban J connectivity index is 2.52. The van der Waals surface area contributed by atoms with Gasteiger partial charge in [-0.1, -0.05) is 42.8 Å². The van der Waals surface area contributed by atoms with Gasteiger partial charge in [-0.25, -0.2) is 8.78 Å². The van der Waals surface area contributed by atoms with Crippen molar-refractivity contribution in [3.05, 3.63) is 70.3 Å². The zero-order valence-corrected chi connectivity index (χ0v) is 12.7. The van der Waals surface area contributed by atoms with Crippen molar-refractivity contribution in [3.63, 3.8) is 0 Å². The van der Waals surface area contributed by atoms with Crippen molar-refractivity contribution < 1.29 is 8.78 Å². The first-order valence-corrected chi connectivity index (χ1v) is 7.29. The maximum Gasteiger partial charge on any atom is 0.131 e. The summed E-state index contributed by atoms with van der Waals surface area (Å²) in [7, 11) is 0. The van der Waals surface area contributed by atoms with Gasteiger partial charge in [-0.05, 0) is 38.4 Å². The van der Waals surface area contributed by atoms with E-state index in [0.717, 1.165) is 12.0 Å². The lowest BCUT2D eigenvalue weighted by molar-refractivity contribution is 0.517. The first-order valence-electron chi connectivity index (χ1n) is 7.29. The van der Waals surface area contributed by atoms with E-state index in [1.807, 2.05) is 19.9 Å². The van der Waals surface area contributed by atoms with Gasteiger partial charge in [0, 0.05) is 11.1 Å². The standard InChI is InChI=1S/C18H21F2N/c1-4-10-21-18(14-7-5-6-13(3)17(14)20)15-11-12(2)8-9-16(15)19/h5-9,11,18,21H,4,10H2,1-3H3. The SMILES string of the molecule is CCCNC(c1cc(C)ccc1F)c1cccc(C)c1F. The van der Waals surface area contributed by atoms with E-state index in [1.54, 1.807) is 31.2 Å². The van der Waals surface area contributed by atoms with Crippen LogP contribution in [-0.2, 0) is 0 Å². The first kappa shape index (κ1) is 15.6. The fourth-order valence-electron chi connectivity index (χ4n) is 2.45. The van der Waals surface area contributed by atoms with Gasteiger partial charge in [0.15, 0.2) is 0 Å². The molecule has 0 spiro atoms. The predicted molar refractivity (Wildman–Crippen MR) is 82.4 cm³/mol. The highest BCUT2D eigenvalue weighted by Crippen LogP contribution is 2.28. The zero-order chi connectivity index (χ0) is 15.4. The van der Waals surface area contributed by atoms with Crippen LogP contribution in [0.2, 0.25) is 0 Å². The Bertz CT molecular complexity index is 621. The van der Waals surface area contributed by atoms with Crippen molar-refractivity contribution in [2.45, 2.75) is 33.2 Å². The van der Waals surface area contributed by atoms with Gasteiger partial charge in [-0.15, -0.1) is 0 Å². The molecular weight excluding hydrogens is 268 g/mol. The number of rotatable bonds is 5. The lowest BCUT2D eigenvalue weighted by Crippen LogP contribution is -2.25. The molecule has 1 atom stereocenters. The molecule has 0 bridgehead atoms. The van der Waals surface area contributed by atoms with E-state index in [4.69, 9.17) is 0 Å². The number of halogens is 2. The predicted octanol–water partition coefficient (Wildman–Crippen LogP) is 4.67. The molecule has 21 heavy (non-hydrogen) atoms. The Morgan fingerprint density at radius 3 is 2.52 bits per heavy atom. The summed E-state index contributed by atoms with van der Waals surface area (Å²) >= 11 is 0. The molecule has 1 nitrogen and oxygen atoms in total. The second kappa shape index (κ2) is 6.81. The third-order valence-corrected chi connectivity index (χ3v) is 3.59. The highest BCUT2D eigenvalue weighted by molar-refractivity contribution is 5.37. The summed E-state index contributed by atoms with van der Waals surface area (Å²) in [5.74, 6) is -0.581. The molecule has 0 fully saturated rings. The number of hydrogen-bond acceptors (Lipinski definition) is 1. The lowest BCUT2D eigenvalue weighted by atomic mass is 9.95. The van der Waals surface area contributed by atoms with E-state index in [9.17, 15) is 8.78 Å². The summed E-state index contributed by atoms with van der Waals surface area (Å²) in [4.78, 5) is 0. The van der Waals surface area contributed by atoms with E-state index in [1.165, 1.54) is 6.07 Å². The van der Waals surface area contributed by atoms with E-state index in [0.29, 0.717) is 23.2 Å². The van der Waals surface area contributed by atoms with E-state index in [2.05, 4.69) is 5.32 Å². The van der Waals surface area contributed by atoms with Crippen LogP contribution < -0.4 is 5.32 Å². The van der Waals surface area contributed by atoms with Gasteiger partial charge in [-0.2, -0.15) is 0 Å². The van der Waals surface area contributed by atoms with Crippen molar-refractivity contribution in [2.24, 2.45) is 0 Å². The normalized spacial score (nSPS) is 12.4. The monoisotopic (exact) mass is 289 g/mol. The third-order valence-electron chi connectivity index (χ3n) is 3.59. The molecule has 0 saturated heterocycles. The fraction of sp³-hybridized carbons (Fsp3) is 0.333. The van der Waals surface area contributed by atoms with E-state index in [-0.39, 0.29) is 11.6 Å². The summed E-state index contributed by atoms with van der Waals surface area (Å²) in [6.45, 7) is 6.36. The van der Waals surface area contributed by atoms with Crippen molar-refractivity contribution >= 4 is 0 Å². The Labute approximate surface area is 125 Å². The van der Waals surface area contributed by atoms with Crippen molar-refractivity contribution in [1.29, 1.82) is 0 Å². The van der Waals surface area contributed by atoms with Crippen molar-refractivity contribution in [1.82, 2.24) is 5.32 Å². The van der Waals surface area contributed by atoms with Crippen LogP contribution in [0.1, 0.15) is 41.6 Å². The molecule has 0 amide bonds. The largest absolute Gasteiger partial charge is 0.306 e. The molecule has 0 aromatic heterocycles. The van der Waals surface area contributed by atoms with E-state index >= 15 is 0 Å². The highest BCUT2D eigenvalue weighted by atomic mass is 19.1. The van der Waals surface area contributed by atoms with Gasteiger partial charge in [-0.3, -0.25) is 0 Å². The maximum absolute atomic E-state index is 14.4. The second-order valence-corrected chi connectivity index (χ2v) is 5.39. The Morgan fingerprint density at radius 1 is 1.05 bits per heavy atom. The Morgan fingerprint density at radius 2 is 1.81 bits per heavy atom. The molecular formula is C18H21F2N. The molecule has 0 aliphatic heterocycles. The molecule has 3 heteroatoms. The molecule has 0 heterocycles. The first-order chi connectivity index (χ1) is 10.0. The third kappa shape index (κ3) is 3.48. The second-order valence-electron chi connectivity index (χ2n) is 5.39. The highest BCUT2D eigenvalue weighted by Gasteiger charge is 2.21. The molecule has 0 radical (unpaired) electrons. The summed E-state index contributed by atoms with van der Waals surface area (Å²) in [5, 5.41) is 3.26. The summed E-state index contributed by atoms with van der Waals surface area (Å²) < 4.78 is 28.6. The summed E-state index contributed by atoms with van der Waals surface area (Å²) in [5.41, 5.74) is 2.52. The van der Waals surface area contributed by atoms with Gasteiger partial charge in [0.1, 0.15) is 11.6 Å². The van der Waals surface area contributed by atoms with E-state index < -0.39 is 6.04 Å². The van der Waals surface area contributed by atoms with Gasteiger partial charge in [0.25, 0.3) is 0 Å². The van der Waals surface area contributed by atoms with Crippen LogP contribution in [0, 0.1) is 25.5 Å². The minimum absolute atomic E-state index is 0.271. The van der Waals surface area contributed by atoms with Crippen LogP contribution in [0.5, 0.6) is 0 Å². The topological polar surface area (TPSA) is 12.0 Å². The lowest BCUT2D eigenvalue weighted by Gasteiger charge is -2.22. The Hall–Kier alpha value is -1.74. The average molecular weight is 289 g/mol. The molecule has 0 aliphatic carbocycles.